The SMILES string of the molecule is c1ccc(-c2ccc3nc4c5cccc6c7c8c(ccc7n(c4nc3c2)c56)sc2ccccc28)cc1.c1ccc2c(c1)ccc1nc3c4cccc5c6ccc7c8ccccc8sc7c6n(c3nc12)c54.c1ccc2cc3nc4c(nc3cc2c1)c1cccc2c3cc5c(cc3n4c21)sc1ccccc15. The molecule has 478 valence electrons. The van der Waals surface area contributed by atoms with Crippen molar-refractivity contribution >= 4 is 264 Å². The predicted molar refractivity (Wildman–Crippen MR) is 442 cm³/mol. The molecule has 27 aromatic rings. The molecule has 0 unspecified atom stereocenters. The van der Waals surface area contributed by atoms with Crippen molar-refractivity contribution in [3.05, 3.63) is 285 Å². The van der Waals surface area contributed by atoms with Crippen LogP contribution in [0.5, 0.6) is 0 Å². The van der Waals surface area contributed by atoms with Gasteiger partial charge in [0.1, 0.15) is 16.6 Å². The van der Waals surface area contributed by atoms with E-state index in [1.165, 1.54) is 158 Å². The Bertz CT molecular complexity index is 8450. The van der Waals surface area contributed by atoms with Crippen molar-refractivity contribution in [2.75, 3.05) is 0 Å². The lowest BCUT2D eigenvalue weighted by Gasteiger charge is -2.04. The number of hydrogen-bond acceptors (Lipinski definition) is 9. The second-order valence-electron chi connectivity index (χ2n) is 27.5. The highest BCUT2D eigenvalue weighted by molar-refractivity contribution is 7.27. The van der Waals surface area contributed by atoms with Gasteiger partial charge in [0.25, 0.3) is 0 Å². The molecule has 0 atom stereocenters. The number of thiophene rings is 3. The standard InChI is InChI=1S/C32H17N3S.2C30H15N3S/c1-2-7-18(8-3-1)19-13-14-23-24(17-19)34-32-30(33-23)22-11-6-10-21-28-25(35(32)31(21)22)15-16-27-29(28)20-9-4-5-12-26(20)36-27;1-2-7-17-13-24-23(12-16(17)6-1)31-28-20-10-5-9-19-21-14-22-18-8-3-4-11-26(18)34-27(22)15-25(21)33(29(19)20)30(28)32-24;1-2-7-17-16(6-1)12-15-23-25(17)32-30-26(31-23)22-10-5-9-19-20-13-14-21-18-8-3-4-11-24(18)34-29(21)28(20)33(30)27(19)22/h1-17H;2*1-15H. The van der Waals surface area contributed by atoms with Crippen LogP contribution in [-0.4, -0.2) is 43.1 Å². The van der Waals surface area contributed by atoms with E-state index in [4.69, 9.17) is 29.9 Å². The second kappa shape index (κ2) is 20.3. The van der Waals surface area contributed by atoms with Crippen LogP contribution in [0.2, 0.25) is 0 Å². The van der Waals surface area contributed by atoms with E-state index in [9.17, 15) is 0 Å². The zero-order chi connectivity index (χ0) is 67.3. The summed E-state index contributed by atoms with van der Waals surface area (Å²) < 4.78 is 15.0. The van der Waals surface area contributed by atoms with Gasteiger partial charge in [0.15, 0.2) is 16.9 Å². The number of para-hydroxylation sites is 3. The summed E-state index contributed by atoms with van der Waals surface area (Å²) >= 11 is 5.60. The molecule has 0 fully saturated rings. The van der Waals surface area contributed by atoms with Crippen molar-refractivity contribution in [1.29, 1.82) is 0 Å². The molecule has 0 amide bonds. The molecule has 27 rings (SSSR count). The first-order chi connectivity index (χ1) is 51.5. The van der Waals surface area contributed by atoms with Crippen LogP contribution in [0.4, 0.5) is 0 Å². The van der Waals surface area contributed by atoms with Crippen LogP contribution >= 0.6 is 34.0 Å². The molecule has 9 nitrogen and oxygen atoms in total. The Hall–Kier alpha value is -13.1. The Morgan fingerprint density at radius 2 is 0.721 bits per heavy atom. The molecule has 0 radical (unpaired) electrons. The molecule has 12 heteroatoms. The summed E-state index contributed by atoms with van der Waals surface area (Å²) in [4.78, 5) is 31.2. The molecule has 0 aliphatic rings. The average molecular weight is 1370 g/mol. The van der Waals surface area contributed by atoms with Crippen molar-refractivity contribution < 1.29 is 0 Å². The number of benzene rings is 15. The Labute approximate surface area is 599 Å². The highest BCUT2D eigenvalue weighted by Gasteiger charge is 2.27. The van der Waals surface area contributed by atoms with Gasteiger partial charge in [-0.1, -0.05) is 212 Å². The van der Waals surface area contributed by atoms with Crippen molar-refractivity contribution in [3.8, 4) is 11.1 Å². The number of nitrogens with zero attached hydrogens (tertiary/aromatic N) is 9. The van der Waals surface area contributed by atoms with Crippen molar-refractivity contribution in [1.82, 2.24) is 43.1 Å². The van der Waals surface area contributed by atoms with Crippen molar-refractivity contribution in [2.24, 2.45) is 0 Å². The third-order valence-corrected chi connectivity index (χ3v) is 25.5. The first-order valence-corrected chi connectivity index (χ1v) is 37.4. The maximum absolute atomic E-state index is 5.31. The number of hydrogen-bond donors (Lipinski definition) is 0. The fourth-order valence-corrected chi connectivity index (χ4v) is 21.1. The van der Waals surface area contributed by atoms with Gasteiger partial charge >= 0.3 is 0 Å². The van der Waals surface area contributed by atoms with E-state index in [0.29, 0.717) is 0 Å². The molecule has 0 saturated carbocycles. The van der Waals surface area contributed by atoms with Crippen molar-refractivity contribution in [2.45, 2.75) is 0 Å². The smallest absolute Gasteiger partial charge is 0.165 e. The van der Waals surface area contributed by atoms with Gasteiger partial charge in [-0.15, -0.1) is 34.0 Å². The first-order valence-electron chi connectivity index (χ1n) is 35.0. The van der Waals surface area contributed by atoms with Crippen LogP contribution in [0.3, 0.4) is 0 Å². The molecule has 0 saturated heterocycles. The molecule has 0 spiro atoms. The third kappa shape index (κ3) is 7.44. The third-order valence-electron chi connectivity index (χ3n) is 22.1. The van der Waals surface area contributed by atoms with Crippen LogP contribution in [0.25, 0.3) is 241 Å². The fourth-order valence-electron chi connectivity index (χ4n) is 17.6. The van der Waals surface area contributed by atoms with Crippen LogP contribution < -0.4 is 0 Å². The summed E-state index contributed by atoms with van der Waals surface area (Å²) in [7, 11) is 0. The zero-order valence-corrected chi connectivity index (χ0v) is 57.3. The number of rotatable bonds is 1. The van der Waals surface area contributed by atoms with Crippen LogP contribution in [0, 0.1) is 0 Å². The van der Waals surface area contributed by atoms with Gasteiger partial charge in [-0.25, -0.2) is 29.9 Å². The average Bonchev–Trinajstić information content (AvgIpc) is 1.54. The summed E-state index contributed by atoms with van der Waals surface area (Å²) in [5.74, 6) is 0. The summed E-state index contributed by atoms with van der Waals surface area (Å²) in [5, 5.41) is 23.8. The lowest BCUT2D eigenvalue weighted by molar-refractivity contribution is 1.28. The highest BCUT2D eigenvalue weighted by Crippen LogP contribution is 2.49. The topological polar surface area (TPSA) is 90.6 Å². The van der Waals surface area contributed by atoms with E-state index in [1.54, 1.807) is 0 Å². The molecular formula is C92H47N9S3. The summed E-state index contributed by atoms with van der Waals surface area (Å²) in [6, 6.07) is 102. The molecule has 0 aliphatic carbocycles. The van der Waals surface area contributed by atoms with E-state index < -0.39 is 0 Å². The van der Waals surface area contributed by atoms with Gasteiger partial charge in [-0.05, 0) is 100 Å². The zero-order valence-electron chi connectivity index (χ0n) is 54.9. The Kier molecular flexibility index (Phi) is 10.9. The van der Waals surface area contributed by atoms with Gasteiger partial charge in [-0.3, -0.25) is 13.2 Å². The van der Waals surface area contributed by atoms with Gasteiger partial charge in [0, 0.05) is 110 Å². The normalized spacial score (nSPS) is 12.6. The van der Waals surface area contributed by atoms with E-state index in [-0.39, 0.29) is 0 Å². The molecular weight excluding hydrogens is 1330 g/mol. The van der Waals surface area contributed by atoms with Crippen molar-refractivity contribution in [3.63, 3.8) is 0 Å². The summed E-state index contributed by atoms with van der Waals surface area (Å²) in [6.45, 7) is 0. The number of fused-ring (bicyclic) bond motifs is 35. The van der Waals surface area contributed by atoms with Gasteiger partial charge in [0.2, 0.25) is 0 Å². The molecule has 12 aromatic heterocycles. The van der Waals surface area contributed by atoms with E-state index in [0.717, 1.165) is 82.9 Å². The quantitative estimate of drug-likeness (QED) is 0.120. The molecule has 0 aliphatic heterocycles. The monoisotopic (exact) mass is 1370 g/mol. The molecule has 15 aromatic carbocycles. The summed E-state index contributed by atoms with van der Waals surface area (Å²) in [5.41, 5.74) is 21.0. The lowest BCUT2D eigenvalue weighted by atomic mass is 10.0. The summed E-state index contributed by atoms with van der Waals surface area (Å²) in [6.07, 6.45) is 0. The minimum atomic E-state index is 0.917. The van der Waals surface area contributed by atoms with Gasteiger partial charge < -0.3 is 0 Å². The molecule has 104 heavy (non-hydrogen) atoms. The Morgan fingerprint density at radius 3 is 1.47 bits per heavy atom. The second-order valence-corrected chi connectivity index (χ2v) is 30.8. The predicted octanol–water partition coefficient (Wildman–Crippen LogP) is 25.4. The Morgan fingerprint density at radius 1 is 0.212 bits per heavy atom. The van der Waals surface area contributed by atoms with E-state index >= 15 is 0 Å². The number of aromatic nitrogens is 9. The van der Waals surface area contributed by atoms with E-state index in [2.05, 4.69) is 292 Å². The molecule has 12 heterocycles. The fraction of sp³-hybridized carbons (Fsp3) is 0. The van der Waals surface area contributed by atoms with Crippen LogP contribution in [-0.2, 0) is 0 Å². The lowest BCUT2D eigenvalue weighted by Crippen LogP contribution is -1.90. The van der Waals surface area contributed by atoms with Gasteiger partial charge in [-0.2, -0.15) is 0 Å². The minimum absolute atomic E-state index is 0.917. The maximum Gasteiger partial charge on any atom is 0.165 e. The van der Waals surface area contributed by atoms with Crippen LogP contribution in [0.1, 0.15) is 0 Å². The Balaban J connectivity index is 0.0000000909. The first kappa shape index (κ1) is 55.6. The van der Waals surface area contributed by atoms with Gasteiger partial charge in [0.05, 0.1) is 70.9 Å². The molecule has 0 N–H and O–H groups in total. The van der Waals surface area contributed by atoms with Crippen LogP contribution in [0.15, 0.2) is 285 Å². The maximum atomic E-state index is 5.31. The molecule has 0 bridgehead atoms. The largest absolute Gasteiger partial charge is 0.291 e. The van der Waals surface area contributed by atoms with E-state index in [1.807, 2.05) is 40.1 Å². The highest BCUT2D eigenvalue weighted by atomic mass is 32.1. The minimum Gasteiger partial charge on any atom is -0.291 e.